The molecule has 1 amide bonds. The van der Waals surface area contributed by atoms with Gasteiger partial charge < -0.3 is 10.1 Å². The van der Waals surface area contributed by atoms with Crippen LogP contribution in [0.4, 0.5) is 4.39 Å². The minimum absolute atomic E-state index is 0.0333. The van der Waals surface area contributed by atoms with Crippen LogP contribution < -0.4 is 5.32 Å². The lowest BCUT2D eigenvalue weighted by molar-refractivity contribution is 0.0923. The zero-order chi connectivity index (χ0) is 15.5. The van der Waals surface area contributed by atoms with E-state index in [1.165, 1.54) is 18.3 Å². The predicted octanol–water partition coefficient (Wildman–Crippen LogP) is 2.37. The highest BCUT2D eigenvalue weighted by Gasteiger charge is 2.25. The maximum absolute atomic E-state index is 13.0. The molecule has 0 bridgehead atoms. The molecular formula is C16H18FN3O2. The zero-order valence-corrected chi connectivity index (χ0v) is 12.3. The number of nitrogens with one attached hydrogen (secondary N) is 2. The number of benzene rings is 1. The molecule has 0 aliphatic carbocycles. The average molecular weight is 303 g/mol. The lowest BCUT2D eigenvalue weighted by Gasteiger charge is -2.19. The number of H-pyrrole nitrogens is 1. The van der Waals surface area contributed by atoms with Gasteiger partial charge in [-0.3, -0.25) is 9.89 Å². The van der Waals surface area contributed by atoms with Crippen molar-refractivity contribution in [1.82, 2.24) is 15.5 Å². The average Bonchev–Trinajstić information content (AvgIpc) is 3.19. The van der Waals surface area contributed by atoms with E-state index < -0.39 is 0 Å². The summed E-state index contributed by atoms with van der Waals surface area (Å²) in [6.45, 7) is 3.41. The molecule has 2 heterocycles. The molecule has 1 aromatic heterocycles. The van der Waals surface area contributed by atoms with Crippen LogP contribution in [0.2, 0.25) is 0 Å². The Morgan fingerprint density at radius 1 is 1.45 bits per heavy atom. The third-order valence-corrected chi connectivity index (χ3v) is 4.05. The molecule has 0 spiro atoms. The van der Waals surface area contributed by atoms with Gasteiger partial charge >= 0.3 is 0 Å². The summed E-state index contributed by atoms with van der Waals surface area (Å²) in [5.41, 5.74) is 1.77. The number of ether oxygens (including phenoxy) is 1. The molecule has 3 rings (SSSR count). The van der Waals surface area contributed by atoms with E-state index >= 15 is 0 Å². The number of hydrogen-bond acceptors (Lipinski definition) is 3. The fourth-order valence-electron chi connectivity index (χ4n) is 2.64. The number of aromatic amines is 1. The van der Waals surface area contributed by atoms with Crippen molar-refractivity contribution in [2.45, 2.75) is 19.4 Å². The Balaban J connectivity index is 1.76. The van der Waals surface area contributed by atoms with E-state index in [4.69, 9.17) is 4.74 Å². The molecule has 116 valence electrons. The van der Waals surface area contributed by atoms with Crippen molar-refractivity contribution in [2.75, 3.05) is 13.2 Å². The number of nitrogens with zero attached hydrogens (tertiary/aromatic N) is 1. The number of halogens is 1. The molecule has 5 nitrogen and oxygen atoms in total. The molecule has 2 N–H and O–H groups in total. The van der Waals surface area contributed by atoms with Gasteiger partial charge in [0.1, 0.15) is 5.82 Å². The number of carbonyl (C=O) groups excluding carboxylic acids is 1. The Morgan fingerprint density at radius 3 is 2.91 bits per heavy atom. The molecule has 1 aromatic carbocycles. The van der Waals surface area contributed by atoms with Gasteiger partial charge in [-0.2, -0.15) is 5.10 Å². The molecular weight excluding hydrogens is 285 g/mol. The van der Waals surface area contributed by atoms with Crippen molar-refractivity contribution in [1.29, 1.82) is 0 Å². The molecule has 2 atom stereocenters. The van der Waals surface area contributed by atoms with Crippen LogP contribution in [0.15, 0.2) is 30.5 Å². The summed E-state index contributed by atoms with van der Waals surface area (Å²) in [4.78, 5) is 12.4. The van der Waals surface area contributed by atoms with Crippen LogP contribution in [0, 0.1) is 11.7 Å². The molecule has 22 heavy (non-hydrogen) atoms. The second kappa shape index (κ2) is 6.27. The molecule has 1 aliphatic rings. The van der Waals surface area contributed by atoms with Gasteiger partial charge in [-0.1, -0.05) is 0 Å². The highest BCUT2D eigenvalue weighted by atomic mass is 19.1. The summed E-state index contributed by atoms with van der Waals surface area (Å²) in [7, 11) is 0. The Hall–Kier alpha value is -2.21. The number of carbonyl (C=O) groups is 1. The highest BCUT2D eigenvalue weighted by molar-refractivity contribution is 5.99. The number of amides is 1. The second-order valence-corrected chi connectivity index (χ2v) is 5.55. The number of hydrogen-bond donors (Lipinski definition) is 2. The van der Waals surface area contributed by atoms with E-state index in [0.717, 1.165) is 18.6 Å². The first-order valence-corrected chi connectivity index (χ1v) is 7.33. The molecule has 1 saturated heterocycles. The van der Waals surface area contributed by atoms with Gasteiger partial charge in [0.05, 0.1) is 24.1 Å². The Morgan fingerprint density at radius 2 is 2.23 bits per heavy atom. The van der Waals surface area contributed by atoms with Crippen LogP contribution in [-0.2, 0) is 4.74 Å². The van der Waals surface area contributed by atoms with Gasteiger partial charge in [-0.25, -0.2) is 4.39 Å². The fraction of sp³-hybridized carbons (Fsp3) is 0.375. The van der Waals surface area contributed by atoms with Crippen LogP contribution in [0.3, 0.4) is 0 Å². The van der Waals surface area contributed by atoms with E-state index in [9.17, 15) is 9.18 Å². The van der Waals surface area contributed by atoms with Crippen LogP contribution in [0.5, 0.6) is 0 Å². The van der Waals surface area contributed by atoms with Gasteiger partial charge in [0, 0.05) is 24.1 Å². The van der Waals surface area contributed by atoms with Gasteiger partial charge in [-0.15, -0.1) is 0 Å². The molecule has 1 fully saturated rings. The zero-order valence-electron chi connectivity index (χ0n) is 12.3. The van der Waals surface area contributed by atoms with Crippen LogP contribution in [0.25, 0.3) is 11.3 Å². The third kappa shape index (κ3) is 3.01. The van der Waals surface area contributed by atoms with Crippen molar-refractivity contribution in [3.8, 4) is 11.3 Å². The van der Waals surface area contributed by atoms with E-state index in [-0.39, 0.29) is 17.8 Å². The largest absolute Gasteiger partial charge is 0.381 e. The van der Waals surface area contributed by atoms with E-state index in [1.54, 1.807) is 12.1 Å². The van der Waals surface area contributed by atoms with E-state index in [2.05, 4.69) is 15.5 Å². The molecule has 0 saturated carbocycles. The van der Waals surface area contributed by atoms with Crippen molar-refractivity contribution in [3.05, 3.63) is 41.8 Å². The van der Waals surface area contributed by atoms with Gasteiger partial charge in [0.25, 0.3) is 5.91 Å². The van der Waals surface area contributed by atoms with Crippen LogP contribution >= 0.6 is 0 Å². The van der Waals surface area contributed by atoms with Gasteiger partial charge in [0.2, 0.25) is 0 Å². The van der Waals surface area contributed by atoms with E-state index in [0.29, 0.717) is 23.8 Å². The Labute approximate surface area is 127 Å². The molecule has 0 radical (unpaired) electrons. The van der Waals surface area contributed by atoms with E-state index in [1.807, 2.05) is 6.92 Å². The fourth-order valence-corrected chi connectivity index (χ4v) is 2.64. The summed E-state index contributed by atoms with van der Waals surface area (Å²) < 4.78 is 18.4. The quantitative estimate of drug-likeness (QED) is 0.911. The van der Waals surface area contributed by atoms with Crippen LogP contribution in [0.1, 0.15) is 23.7 Å². The van der Waals surface area contributed by atoms with Crippen molar-refractivity contribution in [3.63, 3.8) is 0 Å². The summed E-state index contributed by atoms with van der Waals surface area (Å²) in [5, 5.41) is 9.74. The molecule has 0 unspecified atom stereocenters. The first-order valence-electron chi connectivity index (χ1n) is 7.33. The van der Waals surface area contributed by atoms with Crippen molar-refractivity contribution >= 4 is 5.91 Å². The highest BCUT2D eigenvalue weighted by Crippen LogP contribution is 2.22. The minimum atomic E-state index is -0.316. The first-order chi connectivity index (χ1) is 10.6. The Kier molecular flexibility index (Phi) is 4.20. The normalized spacial score (nSPS) is 19.1. The first kappa shape index (κ1) is 14.7. The monoisotopic (exact) mass is 303 g/mol. The second-order valence-electron chi connectivity index (χ2n) is 5.55. The standard InChI is InChI=1S/C16H18FN3O2/c1-10(12-6-7-22-9-12)19-16(21)14-8-18-20-15(14)11-2-4-13(17)5-3-11/h2-5,8,10,12H,6-7,9H2,1H3,(H,18,20)(H,19,21)/t10-,12-/m1/s1. The summed E-state index contributed by atoms with van der Waals surface area (Å²) in [6.07, 6.45) is 2.45. The number of aromatic nitrogens is 2. The lowest BCUT2D eigenvalue weighted by atomic mass is 10.00. The maximum Gasteiger partial charge on any atom is 0.255 e. The van der Waals surface area contributed by atoms with Crippen molar-refractivity contribution in [2.24, 2.45) is 5.92 Å². The summed E-state index contributed by atoms with van der Waals surface area (Å²) in [5.74, 6) is -0.165. The number of rotatable bonds is 4. The lowest BCUT2D eigenvalue weighted by Crippen LogP contribution is -2.38. The van der Waals surface area contributed by atoms with Crippen molar-refractivity contribution < 1.29 is 13.9 Å². The smallest absolute Gasteiger partial charge is 0.255 e. The third-order valence-electron chi connectivity index (χ3n) is 4.05. The van der Waals surface area contributed by atoms with Gasteiger partial charge in [-0.05, 0) is 37.6 Å². The topological polar surface area (TPSA) is 67.0 Å². The maximum atomic E-state index is 13.0. The van der Waals surface area contributed by atoms with Crippen LogP contribution in [-0.4, -0.2) is 35.4 Å². The Bertz CT molecular complexity index is 648. The predicted molar refractivity (Wildman–Crippen MR) is 79.8 cm³/mol. The summed E-state index contributed by atoms with van der Waals surface area (Å²) >= 11 is 0. The van der Waals surface area contributed by atoms with Gasteiger partial charge in [0.15, 0.2) is 0 Å². The molecule has 6 heteroatoms. The molecule has 2 aromatic rings. The minimum Gasteiger partial charge on any atom is -0.381 e. The molecule has 1 aliphatic heterocycles. The summed E-state index contributed by atoms with van der Waals surface area (Å²) in [6, 6.07) is 5.99. The SMILES string of the molecule is C[C@@H](NC(=O)c1cn[nH]c1-c1ccc(F)cc1)[C@@H]1CCOC1.